The SMILES string of the molecule is C=CC(C)CCCC(C)(C)OCC=S. The normalized spacial score (nSPS) is 13.6. The molecule has 0 aromatic rings. The van der Waals surface area contributed by atoms with Crippen molar-refractivity contribution >= 4 is 17.6 Å². The summed E-state index contributed by atoms with van der Waals surface area (Å²) in [5.41, 5.74) is -0.0454. The van der Waals surface area contributed by atoms with E-state index in [1.54, 1.807) is 5.37 Å². The fourth-order valence-electron chi connectivity index (χ4n) is 1.30. The molecule has 82 valence electrons. The van der Waals surface area contributed by atoms with Crippen LogP contribution >= 0.6 is 12.2 Å². The fourth-order valence-corrected chi connectivity index (χ4v) is 1.37. The summed E-state index contributed by atoms with van der Waals surface area (Å²) >= 11 is 4.73. The lowest BCUT2D eigenvalue weighted by molar-refractivity contribution is -0.00163. The molecule has 0 aromatic heterocycles. The second kappa shape index (κ2) is 7.13. The number of rotatable bonds is 8. The van der Waals surface area contributed by atoms with E-state index in [1.807, 2.05) is 6.08 Å². The Balaban J connectivity index is 3.63. The van der Waals surface area contributed by atoms with Crippen molar-refractivity contribution in [2.75, 3.05) is 6.61 Å². The molecule has 2 heteroatoms. The van der Waals surface area contributed by atoms with Crippen molar-refractivity contribution in [2.45, 2.75) is 45.6 Å². The molecule has 0 aliphatic rings. The Kier molecular flexibility index (Phi) is 7.02. The van der Waals surface area contributed by atoms with Crippen molar-refractivity contribution in [1.29, 1.82) is 0 Å². The molecule has 1 atom stereocenters. The average Bonchev–Trinajstić information content (AvgIpc) is 2.14. The Hall–Kier alpha value is -0.210. The van der Waals surface area contributed by atoms with E-state index in [0.717, 1.165) is 6.42 Å². The van der Waals surface area contributed by atoms with E-state index in [0.29, 0.717) is 12.5 Å². The molecule has 0 radical (unpaired) electrons. The molecule has 14 heavy (non-hydrogen) atoms. The maximum Gasteiger partial charge on any atom is 0.0756 e. The number of hydrogen-bond donors (Lipinski definition) is 0. The third-order valence-corrected chi connectivity index (χ3v) is 2.52. The summed E-state index contributed by atoms with van der Waals surface area (Å²) in [5, 5.41) is 1.63. The van der Waals surface area contributed by atoms with E-state index in [-0.39, 0.29) is 5.60 Å². The minimum Gasteiger partial charge on any atom is -0.371 e. The van der Waals surface area contributed by atoms with Crippen LogP contribution in [0.4, 0.5) is 0 Å². The van der Waals surface area contributed by atoms with Crippen LogP contribution in [-0.4, -0.2) is 17.6 Å². The highest BCUT2D eigenvalue weighted by Crippen LogP contribution is 2.19. The Labute approximate surface area is 93.5 Å². The van der Waals surface area contributed by atoms with Gasteiger partial charge in [0.1, 0.15) is 0 Å². The van der Waals surface area contributed by atoms with Gasteiger partial charge in [0.2, 0.25) is 0 Å². The number of ether oxygens (including phenoxy) is 1. The molecular formula is C12H22OS. The molecule has 0 saturated carbocycles. The lowest BCUT2D eigenvalue weighted by Crippen LogP contribution is -2.25. The van der Waals surface area contributed by atoms with Gasteiger partial charge in [-0.2, -0.15) is 0 Å². The summed E-state index contributed by atoms with van der Waals surface area (Å²) in [6, 6.07) is 0. The van der Waals surface area contributed by atoms with E-state index < -0.39 is 0 Å². The van der Waals surface area contributed by atoms with Gasteiger partial charge in [-0.3, -0.25) is 0 Å². The summed E-state index contributed by atoms with van der Waals surface area (Å²) in [4.78, 5) is 0. The van der Waals surface area contributed by atoms with E-state index in [9.17, 15) is 0 Å². The molecule has 1 nitrogen and oxygen atoms in total. The van der Waals surface area contributed by atoms with Crippen LogP contribution in [0.15, 0.2) is 12.7 Å². The first-order valence-corrected chi connectivity index (χ1v) is 5.69. The van der Waals surface area contributed by atoms with Gasteiger partial charge < -0.3 is 4.74 Å². The van der Waals surface area contributed by atoms with Crippen molar-refractivity contribution < 1.29 is 4.74 Å². The van der Waals surface area contributed by atoms with Crippen molar-refractivity contribution in [3.63, 3.8) is 0 Å². The van der Waals surface area contributed by atoms with Gasteiger partial charge in [0.25, 0.3) is 0 Å². The van der Waals surface area contributed by atoms with Crippen molar-refractivity contribution in [3.05, 3.63) is 12.7 Å². The first kappa shape index (κ1) is 13.8. The van der Waals surface area contributed by atoms with Crippen LogP contribution in [0.25, 0.3) is 0 Å². The molecule has 0 heterocycles. The lowest BCUT2D eigenvalue weighted by atomic mass is 9.97. The summed E-state index contributed by atoms with van der Waals surface area (Å²) in [7, 11) is 0. The third-order valence-electron chi connectivity index (χ3n) is 2.38. The molecular weight excluding hydrogens is 192 g/mol. The summed E-state index contributed by atoms with van der Waals surface area (Å²) < 4.78 is 5.61. The Morgan fingerprint density at radius 2 is 2.14 bits per heavy atom. The zero-order chi connectivity index (χ0) is 11.0. The van der Waals surface area contributed by atoms with Crippen LogP contribution in [0.5, 0.6) is 0 Å². The van der Waals surface area contributed by atoms with Crippen molar-refractivity contribution in [1.82, 2.24) is 0 Å². The van der Waals surface area contributed by atoms with E-state index >= 15 is 0 Å². The predicted molar refractivity (Wildman–Crippen MR) is 66.9 cm³/mol. The van der Waals surface area contributed by atoms with Gasteiger partial charge in [-0.05, 0) is 32.6 Å². The van der Waals surface area contributed by atoms with Crippen LogP contribution in [0.2, 0.25) is 0 Å². The molecule has 0 aliphatic carbocycles. The van der Waals surface area contributed by atoms with Crippen molar-refractivity contribution in [2.24, 2.45) is 5.92 Å². The highest BCUT2D eigenvalue weighted by molar-refractivity contribution is 7.79. The summed E-state index contributed by atoms with van der Waals surface area (Å²) in [6.45, 7) is 10.8. The van der Waals surface area contributed by atoms with Gasteiger partial charge in [-0.1, -0.05) is 31.6 Å². The third kappa shape index (κ3) is 7.22. The molecule has 0 saturated heterocycles. The standard InChI is InChI=1S/C12H22OS/c1-5-11(2)7-6-8-12(3,4)13-9-10-14/h5,10-11H,1,6-9H2,2-4H3. The molecule has 1 unspecified atom stereocenters. The van der Waals surface area contributed by atoms with E-state index in [4.69, 9.17) is 17.0 Å². The minimum atomic E-state index is -0.0454. The van der Waals surface area contributed by atoms with Crippen LogP contribution in [-0.2, 0) is 4.74 Å². The smallest absolute Gasteiger partial charge is 0.0756 e. The van der Waals surface area contributed by atoms with Gasteiger partial charge in [-0.15, -0.1) is 6.58 Å². The quantitative estimate of drug-likeness (QED) is 0.449. The second-order valence-corrected chi connectivity index (χ2v) is 4.68. The van der Waals surface area contributed by atoms with Gasteiger partial charge in [0, 0.05) is 5.37 Å². The molecule has 0 aromatic carbocycles. The van der Waals surface area contributed by atoms with Gasteiger partial charge in [0.15, 0.2) is 0 Å². The Morgan fingerprint density at radius 3 is 2.64 bits per heavy atom. The number of hydrogen-bond acceptors (Lipinski definition) is 2. The molecule has 0 aliphatic heterocycles. The first-order valence-electron chi connectivity index (χ1n) is 5.22. The van der Waals surface area contributed by atoms with Crippen LogP contribution < -0.4 is 0 Å². The van der Waals surface area contributed by atoms with Crippen LogP contribution in [0.1, 0.15) is 40.0 Å². The van der Waals surface area contributed by atoms with Gasteiger partial charge in [-0.25, -0.2) is 0 Å². The van der Waals surface area contributed by atoms with E-state index in [1.165, 1.54) is 12.8 Å². The maximum atomic E-state index is 5.61. The number of allylic oxidation sites excluding steroid dienone is 1. The molecule has 0 amide bonds. The zero-order valence-electron chi connectivity index (χ0n) is 9.58. The lowest BCUT2D eigenvalue weighted by Gasteiger charge is -2.24. The summed E-state index contributed by atoms with van der Waals surface area (Å²) in [5.74, 6) is 0.608. The van der Waals surface area contributed by atoms with Gasteiger partial charge in [0.05, 0.1) is 12.2 Å². The summed E-state index contributed by atoms with van der Waals surface area (Å²) in [6.07, 6.45) is 5.45. The number of thiocarbonyl (C=S) groups is 1. The van der Waals surface area contributed by atoms with Crippen molar-refractivity contribution in [3.8, 4) is 0 Å². The largest absolute Gasteiger partial charge is 0.371 e. The van der Waals surface area contributed by atoms with Gasteiger partial charge >= 0.3 is 0 Å². The molecule has 0 fully saturated rings. The second-order valence-electron chi connectivity index (χ2n) is 4.34. The Morgan fingerprint density at radius 1 is 1.50 bits per heavy atom. The fraction of sp³-hybridized carbons (Fsp3) is 0.750. The van der Waals surface area contributed by atoms with Crippen LogP contribution in [0.3, 0.4) is 0 Å². The molecule has 0 spiro atoms. The highest BCUT2D eigenvalue weighted by Gasteiger charge is 2.17. The molecule has 0 rings (SSSR count). The molecule has 0 N–H and O–H groups in total. The monoisotopic (exact) mass is 214 g/mol. The first-order chi connectivity index (χ1) is 6.52. The molecule has 0 bridgehead atoms. The van der Waals surface area contributed by atoms with E-state index in [2.05, 4.69) is 27.4 Å². The Bertz CT molecular complexity index is 175. The topological polar surface area (TPSA) is 9.23 Å². The maximum absolute atomic E-state index is 5.61. The van der Waals surface area contributed by atoms with Crippen LogP contribution in [0, 0.1) is 5.92 Å². The minimum absolute atomic E-state index is 0.0454. The predicted octanol–water partition coefficient (Wildman–Crippen LogP) is 3.77. The average molecular weight is 214 g/mol. The highest BCUT2D eigenvalue weighted by atomic mass is 32.1. The zero-order valence-corrected chi connectivity index (χ0v) is 10.4.